The second kappa shape index (κ2) is 4.00. The van der Waals surface area contributed by atoms with Crippen LogP contribution in [0.4, 0.5) is 26.3 Å². The molecule has 1 heterocycles. The number of rotatable bonds is 2. The maximum Gasteiger partial charge on any atom is 0.430 e. The Morgan fingerprint density at radius 3 is 1.94 bits per heavy atom. The maximum absolute atomic E-state index is 12.3. The molecule has 0 amide bonds. The molecular weight excluding hydrogens is 276 g/mol. The van der Waals surface area contributed by atoms with Gasteiger partial charge < -0.3 is 15.1 Å². The number of carboxylic acid groups (broad SMARTS) is 1. The zero-order valence-corrected chi connectivity index (χ0v) is 8.21. The zero-order chi connectivity index (χ0) is 14.4. The normalized spacial score (nSPS) is 21.5. The lowest BCUT2D eigenvalue weighted by atomic mass is 9.91. The van der Waals surface area contributed by atoms with Crippen molar-refractivity contribution in [2.75, 3.05) is 0 Å². The van der Waals surface area contributed by atoms with E-state index in [1.165, 1.54) is 0 Å². The van der Waals surface area contributed by atoms with Crippen LogP contribution in [0.3, 0.4) is 0 Å². The van der Waals surface area contributed by atoms with E-state index in [1.807, 2.05) is 0 Å². The number of hydrogen-bond acceptors (Lipinski definition) is 4. The van der Waals surface area contributed by atoms with Crippen molar-refractivity contribution in [1.29, 1.82) is 0 Å². The fourth-order valence-electron chi connectivity index (χ4n) is 1.25. The highest BCUT2D eigenvalue weighted by atomic mass is 19.4. The lowest BCUT2D eigenvalue weighted by molar-refractivity contribution is -0.392. The van der Waals surface area contributed by atoms with E-state index in [2.05, 4.69) is 9.99 Å². The maximum atomic E-state index is 12.3. The van der Waals surface area contributed by atoms with Crippen LogP contribution in [0.2, 0.25) is 0 Å². The van der Waals surface area contributed by atoms with Gasteiger partial charge in [0, 0.05) is 6.42 Å². The number of carboxylic acids is 1. The minimum Gasteiger partial charge on any atom is -0.477 e. The van der Waals surface area contributed by atoms with E-state index in [4.69, 9.17) is 10.2 Å². The molecule has 0 unspecified atom stereocenters. The van der Waals surface area contributed by atoms with Crippen molar-refractivity contribution < 1.29 is 46.2 Å². The Balaban J connectivity index is 3.08. The minimum atomic E-state index is -6.08. The highest BCUT2D eigenvalue weighted by Crippen LogP contribution is 2.47. The van der Waals surface area contributed by atoms with Gasteiger partial charge in [-0.2, -0.15) is 26.3 Å². The van der Waals surface area contributed by atoms with Crippen LogP contribution in [-0.4, -0.2) is 46.0 Å². The van der Waals surface area contributed by atoms with Crippen molar-refractivity contribution in [2.45, 2.75) is 30.5 Å². The number of aliphatic hydroxyl groups is 1. The highest BCUT2D eigenvalue weighted by Gasteiger charge is 2.76. The van der Waals surface area contributed by atoms with Crippen LogP contribution in [-0.2, 0) is 9.63 Å². The molecule has 0 aromatic heterocycles. The van der Waals surface area contributed by atoms with Gasteiger partial charge in [-0.3, -0.25) is 0 Å². The van der Waals surface area contributed by atoms with E-state index in [-0.39, 0.29) is 0 Å². The molecule has 5 nitrogen and oxygen atoms in total. The molecule has 0 radical (unpaired) electrons. The lowest BCUT2D eigenvalue weighted by Crippen LogP contribution is -2.64. The Bertz CT molecular complexity index is 372. The fourth-order valence-corrected chi connectivity index (χ4v) is 1.25. The average molecular weight is 281 g/mol. The van der Waals surface area contributed by atoms with Gasteiger partial charge in [-0.1, -0.05) is 5.16 Å². The topological polar surface area (TPSA) is 79.1 Å². The van der Waals surface area contributed by atoms with E-state index < -0.39 is 42.2 Å². The molecule has 11 heteroatoms. The largest absolute Gasteiger partial charge is 0.477 e. The van der Waals surface area contributed by atoms with Crippen LogP contribution in [0, 0.1) is 0 Å². The molecule has 0 bridgehead atoms. The van der Waals surface area contributed by atoms with E-state index in [0.29, 0.717) is 0 Å². The molecule has 0 saturated carbocycles. The summed E-state index contributed by atoms with van der Waals surface area (Å²) in [5, 5.41) is 19.8. The monoisotopic (exact) mass is 281 g/mol. The summed E-state index contributed by atoms with van der Waals surface area (Å²) in [5.74, 6) is -1.83. The summed E-state index contributed by atoms with van der Waals surface area (Å²) in [6.07, 6.45) is -16.4. The minimum absolute atomic E-state index is 1.04. The van der Waals surface area contributed by atoms with Gasteiger partial charge in [-0.25, -0.2) is 4.79 Å². The molecular formula is C7H5F6NO4. The summed E-state index contributed by atoms with van der Waals surface area (Å²) in [5.41, 5.74) is -6.22. The molecule has 0 fully saturated rings. The van der Waals surface area contributed by atoms with Crippen LogP contribution >= 0.6 is 0 Å². The van der Waals surface area contributed by atoms with Crippen molar-refractivity contribution in [3.63, 3.8) is 0 Å². The Labute approximate surface area is 94.6 Å². The third kappa shape index (κ3) is 2.09. The first-order chi connectivity index (χ1) is 7.91. The predicted molar refractivity (Wildman–Crippen MR) is 41.6 cm³/mol. The Morgan fingerprint density at radius 1 is 1.22 bits per heavy atom. The molecule has 1 atom stereocenters. The summed E-state index contributed by atoms with van der Waals surface area (Å²) >= 11 is 0. The molecule has 1 aliphatic heterocycles. The molecule has 0 spiro atoms. The second-order valence-corrected chi connectivity index (χ2v) is 3.40. The third-order valence-corrected chi connectivity index (χ3v) is 2.25. The molecule has 0 aromatic carbocycles. The molecule has 1 rings (SSSR count). The first-order valence-electron chi connectivity index (χ1n) is 4.23. The second-order valence-electron chi connectivity index (χ2n) is 3.40. The molecule has 104 valence electrons. The Hall–Kier alpha value is -1.52. The number of halogens is 6. The average Bonchev–Trinajstić information content (AvgIpc) is 2.61. The van der Waals surface area contributed by atoms with Crippen molar-refractivity contribution in [3.8, 4) is 0 Å². The number of nitrogens with zero attached hydrogens (tertiary/aromatic N) is 1. The SMILES string of the molecule is O=C(O)C1=NO[C@@H](C(O)(C(F)(F)F)C(F)(F)F)C1. The number of oxime groups is 1. The van der Waals surface area contributed by atoms with E-state index in [9.17, 15) is 31.1 Å². The van der Waals surface area contributed by atoms with Gasteiger partial charge >= 0.3 is 18.3 Å². The fraction of sp³-hybridized carbons (Fsp3) is 0.714. The van der Waals surface area contributed by atoms with Crippen LogP contribution in [0.15, 0.2) is 5.16 Å². The number of alkyl halides is 6. The van der Waals surface area contributed by atoms with E-state index >= 15 is 0 Å². The molecule has 0 saturated heterocycles. The summed E-state index contributed by atoms with van der Waals surface area (Å²) in [6.45, 7) is 0. The number of hydrogen-bond donors (Lipinski definition) is 2. The van der Waals surface area contributed by atoms with Crippen LogP contribution in [0.5, 0.6) is 0 Å². The quantitative estimate of drug-likeness (QED) is 0.742. The summed E-state index contributed by atoms with van der Waals surface area (Å²) in [6, 6.07) is 0. The van der Waals surface area contributed by atoms with Crippen LogP contribution in [0.1, 0.15) is 6.42 Å². The molecule has 0 aromatic rings. The van der Waals surface area contributed by atoms with Crippen LogP contribution < -0.4 is 0 Å². The predicted octanol–water partition coefficient (Wildman–Crippen LogP) is 1.07. The molecule has 18 heavy (non-hydrogen) atoms. The first kappa shape index (κ1) is 14.5. The Morgan fingerprint density at radius 2 is 1.67 bits per heavy atom. The smallest absolute Gasteiger partial charge is 0.430 e. The molecule has 1 aliphatic rings. The summed E-state index contributed by atoms with van der Waals surface area (Å²) < 4.78 is 74.0. The first-order valence-corrected chi connectivity index (χ1v) is 4.23. The van der Waals surface area contributed by atoms with Gasteiger partial charge in [-0.05, 0) is 0 Å². The van der Waals surface area contributed by atoms with Gasteiger partial charge in [0.1, 0.15) is 0 Å². The summed E-state index contributed by atoms with van der Waals surface area (Å²) in [7, 11) is 0. The van der Waals surface area contributed by atoms with Gasteiger partial charge in [-0.15, -0.1) is 0 Å². The van der Waals surface area contributed by atoms with Crippen LogP contribution in [0.25, 0.3) is 0 Å². The van der Waals surface area contributed by atoms with Gasteiger partial charge in [0.2, 0.25) is 0 Å². The zero-order valence-electron chi connectivity index (χ0n) is 8.21. The Kier molecular flexibility index (Phi) is 3.23. The summed E-state index contributed by atoms with van der Waals surface area (Å²) in [4.78, 5) is 14.1. The van der Waals surface area contributed by atoms with Crippen molar-refractivity contribution in [2.24, 2.45) is 5.16 Å². The third-order valence-electron chi connectivity index (χ3n) is 2.25. The van der Waals surface area contributed by atoms with Gasteiger partial charge in [0.05, 0.1) is 0 Å². The van der Waals surface area contributed by atoms with E-state index in [1.54, 1.807) is 0 Å². The molecule has 2 N–H and O–H groups in total. The van der Waals surface area contributed by atoms with Gasteiger partial charge in [0.15, 0.2) is 11.8 Å². The van der Waals surface area contributed by atoms with Crippen molar-refractivity contribution in [3.05, 3.63) is 0 Å². The molecule has 0 aliphatic carbocycles. The highest BCUT2D eigenvalue weighted by molar-refractivity contribution is 6.35. The van der Waals surface area contributed by atoms with Gasteiger partial charge in [0.25, 0.3) is 5.60 Å². The number of aliphatic carboxylic acids is 1. The standard InChI is InChI=1S/C7H5F6NO4/c8-6(9,10)5(17,7(11,12)13)3-1-2(4(15)16)14-18-3/h3,17H,1H2,(H,15,16)/t3-/m1/s1. The van der Waals surface area contributed by atoms with E-state index in [0.717, 1.165) is 0 Å². The lowest BCUT2D eigenvalue weighted by Gasteiger charge is -2.34. The number of carbonyl (C=O) groups is 1. The van der Waals surface area contributed by atoms with Crippen molar-refractivity contribution in [1.82, 2.24) is 0 Å². The van der Waals surface area contributed by atoms with Crippen molar-refractivity contribution >= 4 is 11.7 Å².